The van der Waals surface area contributed by atoms with Crippen LogP contribution < -0.4 is 14.8 Å². The standard InChI is InChI=1S/C17H20BrNO2/c1-11-9-16(21-4)14(10-15(11)18)17(19-2)12-5-7-13(20-3)8-6-12/h5-10,17,19H,1-4H3. The van der Waals surface area contributed by atoms with E-state index in [0.717, 1.165) is 32.7 Å². The van der Waals surface area contributed by atoms with Crippen LogP contribution in [0.25, 0.3) is 0 Å². The Hall–Kier alpha value is -1.52. The van der Waals surface area contributed by atoms with E-state index in [0.29, 0.717) is 0 Å². The summed E-state index contributed by atoms with van der Waals surface area (Å²) >= 11 is 3.60. The zero-order chi connectivity index (χ0) is 15.4. The van der Waals surface area contributed by atoms with E-state index in [1.165, 1.54) is 0 Å². The second kappa shape index (κ2) is 6.96. The van der Waals surface area contributed by atoms with Crippen molar-refractivity contribution in [2.75, 3.05) is 21.3 Å². The first-order valence-corrected chi connectivity index (χ1v) is 7.55. The number of halogens is 1. The Bertz CT molecular complexity index is 611. The van der Waals surface area contributed by atoms with Crippen molar-refractivity contribution < 1.29 is 9.47 Å². The molecular weight excluding hydrogens is 330 g/mol. The average Bonchev–Trinajstić information content (AvgIpc) is 2.51. The van der Waals surface area contributed by atoms with Gasteiger partial charge in [0, 0.05) is 10.0 Å². The molecule has 0 aliphatic rings. The van der Waals surface area contributed by atoms with Gasteiger partial charge in [0.1, 0.15) is 11.5 Å². The van der Waals surface area contributed by atoms with Crippen molar-refractivity contribution in [3.8, 4) is 11.5 Å². The van der Waals surface area contributed by atoms with E-state index in [1.807, 2.05) is 25.2 Å². The zero-order valence-electron chi connectivity index (χ0n) is 12.7. The predicted molar refractivity (Wildman–Crippen MR) is 89.3 cm³/mol. The SMILES string of the molecule is CNC(c1ccc(OC)cc1)c1cc(Br)c(C)cc1OC. The third-order valence-electron chi connectivity index (χ3n) is 3.56. The number of hydrogen-bond acceptors (Lipinski definition) is 3. The van der Waals surface area contributed by atoms with Gasteiger partial charge < -0.3 is 14.8 Å². The highest BCUT2D eigenvalue weighted by atomic mass is 79.9. The molecule has 21 heavy (non-hydrogen) atoms. The number of methoxy groups -OCH3 is 2. The summed E-state index contributed by atoms with van der Waals surface area (Å²) in [5, 5.41) is 3.35. The molecule has 0 aromatic heterocycles. The van der Waals surface area contributed by atoms with E-state index >= 15 is 0 Å². The summed E-state index contributed by atoms with van der Waals surface area (Å²) in [6.07, 6.45) is 0. The molecular formula is C17H20BrNO2. The van der Waals surface area contributed by atoms with Crippen LogP contribution in [0.1, 0.15) is 22.7 Å². The predicted octanol–water partition coefficient (Wildman–Crippen LogP) is 4.08. The Labute approximate surface area is 134 Å². The monoisotopic (exact) mass is 349 g/mol. The Balaban J connectivity index is 2.47. The minimum Gasteiger partial charge on any atom is -0.497 e. The van der Waals surface area contributed by atoms with Crippen molar-refractivity contribution in [3.05, 3.63) is 57.6 Å². The Morgan fingerprint density at radius 2 is 1.71 bits per heavy atom. The minimum atomic E-state index is 0.0581. The van der Waals surface area contributed by atoms with Crippen molar-refractivity contribution in [2.24, 2.45) is 0 Å². The smallest absolute Gasteiger partial charge is 0.124 e. The van der Waals surface area contributed by atoms with E-state index in [4.69, 9.17) is 9.47 Å². The van der Waals surface area contributed by atoms with Gasteiger partial charge in [0.05, 0.1) is 20.3 Å². The van der Waals surface area contributed by atoms with E-state index < -0.39 is 0 Å². The summed E-state index contributed by atoms with van der Waals surface area (Å²) in [6.45, 7) is 2.05. The van der Waals surface area contributed by atoms with E-state index in [9.17, 15) is 0 Å². The first kappa shape index (κ1) is 15.9. The van der Waals surface area contributed by atoms with Crippen LogP contribution in [0.15, 0.2) is 40.9 Å². The van der Waals surface area contributed by atoms with Crippen LogP contribution in [0.2, 0.25) is 0 Å². The molecule has 0 saturated carbocycles. The molecule has 0 saturated heterocycles. The second-order valence-corrected chi connectivity index (χ2v) is 5.69. The maximum atomic E-state index is 5.54. The normalized spacial score (nSPS) is 12.0. The number of rotatable bonds is 5. The van der Waals surface area contributed by atoms with Gasteiger partial charge in [-0.1, -0.05) is 28.1 Å². The number of hydrogen-bond donors (Lipinski definition) is 1. The lowest BCUT2D eigenvalue weighted by atomic mass is 9.97. The molecule has 1 unspecified atom stereocenters. The fraction of sp³-hybridized carbons (Fsp3) is 0.294. The summed E-state index contributed by atoms with van der Waals surface area (Å²) < 4.78 is 11.8. The summed E-state index contributed by atoms with van der Waals surface area (Å²) in [4.78, 5) is 0. The van der Waals surface area contributed by atoms with Crippen molar-refractivity contribution in [2.45, 2.75) is 13.0 Å². The maximum Gasteiger partial charge on any atom is 0.124 e. The molecule has 0 radical (unpaired) electrons. The fourth-order valence-electron chi connectivity index (χ4n) is 2.37. The Morgan fingerprint density at radius 3 is 2.24 bits per heavy atom. The van der Waals surface area contributed by atoms with Gasteiger partial charge in [-0.05, 0) is 49.4 Å². The zero-order valence-corrected chi connectivity index (χ0v) is 14.3. The lowest BCUT2D eigenvalue weighted by molar-refractivity contribution is 0.404. The fourth-order valence-corrected chi connectivity index (χ4v) is 2.73. The van der Waals surface area contributed by atoms with Crippen LogP contribution in [-0.2, 0) is 0 Å². The molecule has 1 N–H and O–H groups in total. The number of benzene rings is 2. The molecule has 4 heteroatoms. The van der Waals surface area contributed by atoms with Gasteiger partial charge in [-0.3, -0.25) is 0 Å². The Kier molecular flexibility index (Phi) is 5.26. The molecule has 0 spiro atoms. The summed E-state index contributed by atoms with van der Waals surface area (Å²) in [5.74, 6) is 1.73. The van der Waals surface area contributed by atoms with Crippen LogP contribution in [0.5, 0.6) is 11.5 Å². The van der Waals surface area contributed by atoms with Crippen LogP contribution in [-0.4, -0.2) is 21.3 Å². The van der Waals surface area contributed by atoms with Gasteiger partial charge in [-0.25, -0.2) is 0 Å². The maximum absolute atomic E-state index is 5.54. The molecule has 1 atom stereocenters. The van der Waals surface area contributed by atoms with Crippen molar-refractivity contribution in [1.29, 1.82) is 0 Å². The lowest BCUT2D eigenvalue weighted by Crippen LogP contribution is -2.18. The third-order valence-corrected chi connectivity index (χ3v) is 4.41. The topological polar surface area (TPSA) is 30.5 Å². The molecule has 2 aromatic carbocycles. The second-order valence-electron chi connectivity index (χ2n) is 4.84. The molecule has 112 valence electrons. The first-order chi connectivity index (χ1) is 10.1. The van der Waals surface area contributed by atoms with Gasteiger partial charge in [-0.15, -0.1) is 0 Å². The highest BCUT2D eigenvalue weighted by molar-refractivity contribution is 9.10. The van der Waals surface area contributed by atoms with Crippen LogP contribution in [0.4, 0.5) is 0 Å². The van der Waals surface area contributed by atoms with Gasteiger partial charge in [-0.2, -0.15) is 0 Å². The molecule has 2 aromatic rings. The average molecular weight is 350 g/mol. The summed E-state index contributed by atoms with van der Waals surface area (Å²) in [6, 6.07) is 12.3. The van der Waals surface area contributed by atoms with Crippen LogP contribution in [0.3, 0.4) is 0 Å². The molecule has 0 aliphatic carbocycles. The minimum absolute atomic E-state index is 0.0581. The quantitative estimate of drug-likeness (QED) is 0.881. The van der Waals surface area contributed by atoms with Crippen molar-refractivity contribution in [3.63, 3.8) is 0 Å². The van der Waals surface area contributed by atoms with E-state index in [1.54, 1.807) is 14.2 Å². The van der Waals surface area contributed by atoms with Gasteiger partial charge >= 0.3 is 0 Å². The number of aryl methyl sites for hydroxylation is 1. The molecule has 0 fully saturated rings. The summed E-state index contributed by atoms with van der Waals surface area (Å²) in [5.41, 5.74) is 3.41. The van der Waals surface area contributed by atoms with Crippen LogP contribution >= 0.6 is 15.9 Å². The van der Waals surface area contributed by atoms with Gasteiger partial charge in [0.2, 0.25) is 0 Å². The third kappa shape index (κ3) is 3.39. The van der Waals surface area contributed by atoms with Gasteiger partial charge in [0.25, 0.3) is 0 Å². The largest absolute Gasteiger partial charge is 0.497 e. The van der Waals surface area contributed by atoms with Crippen LogP contribution in [0, 0.1) is 6.92 Å². The van der Waals surface area contributed by atoms with E-state index in [2.05, 4.69) is 46.4 Å². The first-order valence-electron chi connectivity index (χ1n) is 6.76. The highest BCUT2D eigenvalue weighted by Gasteiger charge is 2.18. The summed E-state index contributed by atoms with van der Waals surface area (Å²) in [7, 11) is 5.32. The Morgan fingerprint density at radius 1 is 1.05 bits per heavy atom. The van der Waals surface area contributed by atoms with Gasteiger partial charge in [0.15, 0.2) is 0 Å². The molecule has 0 aliphatic heterocycles. The van der Waals surface area contributed by atoms with Crippen molar-refractivity contribution >= 4 is 15.9 Å². The molecule has 0 heterocycles. The lowest BCUT2D eigenvalue weighted by Gasteiger charge is -2.21. The van der Waals surface area contributed by atoms with E-state index in [-0.39, 0.29) is 6.04 Å². The van der Waals surface area contributed by atoms with Crippen molar-refractivity contribution in [1.82, 2.24) is 5.32 Å². The number of ether oxygens (including phenoxy) is 2. The number of nitrogens with one attached hydrogen (secondary N) is 1. The molecule has 0 bridgehead atoms. The molecule has 2 rings (SSSR count). The molecule has 0 amide bonds. The molecule has 3 nitrogen and oxygen atoms in total. The highest BCUT2D eigenvalue weighted by Crippen LogP contribution is 2.34.